The summed E-state index contributed by atoms with van der Waals surface area (Å²) in [5.74, 6) is -0.639. The van der Waals surface area contributed by atoms with Gasteiger partial charge < -0.3 is 0 Å². The van der Waals surface area contributed by atoms with E-state index in [4.69, 9.17) is 5.21 Å². The van der Waals surface area contributed by atoms with E-state index in [-0.39, 0.29) is 12.2 Å². The summed E-state index contributed by atoms with van der Waals surface area (Å²) >= 11 is 0. The van der Waals surface area contributed by atoms with Crippen molar-refractivity contribution in [3.8, 4) is 0 Å². The molecule has 0 atom stereocenters. The zero-order valence-electron chi connectivity index (χ0n) is 11.7. The van der Waals surface area contributed by atoms with Gasteiger partial charge in [0.1, 0.15) is 0 Å². The van der Waals surface area contributed by atoms with Crippen molar-refractivity contribution in [2.45, 2.75) is 12.2 Å². The molecule has 0 unspecified atom stereocenters. The monoisotopic (exact) mass is 320 g/mol. The molecule has 2 aromatic rings. The van der Waals surface area contributed by atoms with Gasteiger partial charge in [0.25, 0.3) is 0 Å². The zero-order valence-corrected chi connectivity index (χ0v) is 12.5. The number of hydroxylamine groups is 1. The molecule has 22 heavy (non-hydrogen) atoms. The molecule has 2 rings (SSSR count). The van der Waals surface area contributed by atoms with E-state index in [1.165, 1.54) is 0 Å². The van der Waals surface area contributed by atoms with Gasteiger partial charge in [0.05, 0.1) is 12.2 Å². The minimum Gasteiger partial charge on any atom is -0.289 e. The van der Waals surface area contributed by atoms with Crippen molar-refractivity contribution in [2.24, 2.45) is 0 Å². The van der Waals surface area contributed by atoms with Crippen LogP contribution in [0.15, 0.2) is 54.6 Å². The van der Waals surface area contributed by atoms with Gasteiger partial charge in [-0.15, -0.1) is 0 Å². The SMILES string of the molecule is O=C(Cc1ccc(NS(=O)(=O)Cc2ccccc2)cc1)NO. The van der Waals surface area contributed by atoms with Crippen molar-refractivity contribution < 1.29 is 18.4 Å². The number of anilines is 1. The van der Waals surface area contributed by atoms with E-state index in [1.54, 1.807) is 54.0 Å². The summed E-state index contributed by atoms with van der Waals surface area (Å²) in [5.41, 5.74) is 3.33. The van der Waals surface area contributed by atoms with Gasteiger partial charge in [-0.2, -0.15) is 0 Å². The number of amides is 1. The van der Waals surface area contributed by atoms with Gasteiger partial charge >= 0.3 is 0 Å². The van der Waals surface area contributed by atoms with E-state index in [0.717, 1.165) is 0 Å². The quantitative estimate of drug-likeness (QED) is 0.557. The van der Waals surface area contributed by atoms with Gasteiger partial charge in [0, 0.05) is 5.69 Å². The molecule has 7 heteroatoms. The van der Waals surface area contributed by atoms with E-state index in [2.05, 4.69) is 4.72 Å². The lowest BCUT2D eigenvalue weighted by atomic mass is 10.1. The molecule has 0 saturated heterocycles. The van der Waals surface area contributed by atoms with E-state index >= 15 is 0 Å². The Bertz CT molecular complexity index is 728. The number of hydrogen-bond donors (Lipinski definition) is 3. The highest BCUT2D eigenvalue weighted by atomic mass is 32.2. The Hall–Kier alpha value is -2.38. The van der Waals surface area contributed by atoms with E-state index < -0.39 is 15.9 Å². The highest BCUT2D eigenvalue weighted by Gasteiger charge is 2.11. The molecule has 2 aromatic carbocycles. The highest BCUT2D eigenvalue weighted by Crippen LogP contribution is 2.14. The molecule has 0 aliphatic carbocycles. The Morgan fingerprint density at radius 1 is 0.955 bits per heavy atom. The first-order valence-electron chi connectivity index (χ1n) is 6.55. The fourth-order valence-electron chi connectivity index (χ4n) is 1.92. The Morgan fingerprint density at radius 2 is 1.59 bits per heavy atom. The first kappa shape index (κ1) is 16.0. The summed E-state index contributed by atoms with van der Waals surface area (Å²) in [6.07, 6.45) is 0.0214. The normalized spacial score (nSPS) is 11.0. The molecular formula is C15H16N2O4S. The van der Waals surface area contributed by atoms with Crippen LogP contribution in [0.2, 0.25) is 0 Å². The Labute approximate surface area is 128 Å². The van der Waals surface area contributed by atoms with Gasteiger partial charge in [-0.1, -0.05) is 42.5 Å². The summed E-state index contributed by atoms with van der Waals surface area (Å²) < 4.78 is 26.6. The predicted octanol–water partition coefficient (Wildman–Crippen LogP) is 1.68. The number of hydrogen-bond acceptors (Lipinski definition) is 4. The number of benzene rings is 2. The number of rotatable bonds is 6. The number of carbonyl (C=O) groups excluding carboxylic acids is 1. The molecular weight excluding hydrogens is 304 g/mol. The third kappa shape index (κ3) is 4.87. The maximum Gasteiger partial charge on any atom is 0.247 e. The third-order valence-electron chi connectivity index (χ3n) is 2.92. The van der Waals surface area contributed by atoms with Crippen molar-refractivity contribution in [1.29, 1.82) is 0 Å². The molecule has 0 spiro atoms. The summed E-state index contributed by atoms with van der Waals surface area (Å²) in [7, 11) is -3.50. The van der Waals surface area contributed by atoms with E-state index in [9.17, 15) is 13.2 Å². The van der Waals surface area contributed by atoms with Crippen LogP contribution in [-0.2, 0) is 27.0 Å². The third-order valence-corrected chi connectivity index (χ3v) is 4.18. The van der Waals surface area contributed by atoms with Crippen LogP contribution in [-0.4, -0.2) is 19.5 Å². The molecule has 0 aliphatic heterocycles. The molecule has 0 radical (unpaired) electrons. The molecule has 0 saturated carbocycles. The molecule has 6 nitrogen and oxygen atoms in total. The zero-order chi connectivity index (χ0) is 16.0. The smallest absolute Gasteiger partial charge is 0.247 e. The fourth-order valence-corrected chi connectivity index (χ4v) is 3.12. The summed E-state index contributed by atoms with van der Waals surface area (Å²) in [4.78, 5) is 11.0. The summed E-state index contributed by atoms with van der Waals surface area (Å²) in [6, 6.07) is 15.3. The van der Waals surface area contributed by atoms with Crippen LogP contribution >= 0.6 is 0 Å². The van der Waals surface area contributed by atoms with Crippen molar-refractivity contribution in [3.05, 3.63) is 65.7 Å². The lowest BCUT2D eigenvalue weighted by Crippen LogP contribution is -2.20. The van der Waals surface area contributed by atoms with Crippen molar-refractivity contribution in [3.63, 3.8) is 0 Å². The Kier molecular flexibility index (Phi) is 5.13. The molecule has 0 fully saturated rings. The van der Waals surface area contributed by atoms with Gasteiger partial charge in [0.15, 0.2) is 0 Å². The largest absolute Gasteiger partial charge is 0.289 e. The second-order valence-corrected chi connectivity index (χ2v) is 6.48. The number of sulfonamides is 1. The average Bonchev–Trinajstić information content (AvgIpc) is 2.49. The fraction of sp³-hybridized carbons (Fsp3) is 0.133. The van der Waals surface area contributed by atoms with Crippen molar-refractivity contribution in [1.82, 2.24) is 5.48 Å². The second kappa shape index (κ2) is 7.06. The average molecular weight is 320 g/mol. The topological polar surface area (TPSA) is 95.5 Å². The lowest BCUT2D eigenvalue weighted by Gasteiger charge is -2.09. The van der Waals surface area contributed by atoms with Crippen LogP contribution in [0, 0.1) is 0 Å². The van der Waals surface area contributed by atoms with E-state index in [1.807, 2.05) is 6.07 Å². The van der Waals surface area contributed by atoms with Crippen LogP contribution < -0.4 is 10.2 Å². The van der Waals surface area contributed by atoms with Crippen molar-refractivity contribution in [2.75, 3.05) is 4.72 Å². The highest BCUT2D eigenvalue weighted by molar-refractivity contribution is 7.91. The first-order valence-corrected chi connectivity index (χ1v) is 8.20. The molecule has 0 aliphatic rings. The molecule has 3 N–H and O–H groups in total. The molecule has 0 bridgehead atoms. The van der Waals surface area contributed by atoms with Gasteiger partial charge in [-0.05, 0) is 23.3 Å². The van der Waals surface area contributed by atoms with Crippen molar-refractivity contribution >= 4 is 21.6 Å². The van der Waals surface area contributed by atoms with Crippen LogP contribution in [0.1, 0.15) is 11.1 Å². The van der Waals surface area contributed by atoms with Crippen LogP contribution in [0.3, 0.4) is 0 Å². The summed E-state index contributed by atoms with van der Waals surface area (Å²) in [5, 5.41) is 8.45. The van der Waals surface area contributed by atoms with E-state index in [0.29, 0.717) is 16.8 Å². The Balaban J connectivity index is 2.02. The van der Waals surface area contributed by atoms with Gasteiger partial charge in [0.2, 0.25) is 15.9 Å². The van der Waals surface area contributed by atoms with Gasteiger partial charge in [-0.25, -0.2) is 13.9 Å². The van der Waals surface area contributed by atoms with Crippen LogP contribution in [0.4, 0.5) is 5.69 Å². The lowest BCUT2D eigenvalue weighted by molar-refractivity contribution is -0.128. The standard InChI is InChI=1S/C15H16N2O4S/c18-15(16-19)10-12-6-8-14(9-7-12)17-22(20,21)11-13-4-2-1-3-5-13/h1-9,17,19H,10-11H2,(H,16,18). The Morgan fingerprint density at radius 3 is 2.18 bits per heavy atom. The minimum atomic E-state index is -3.50. The number of carbonyl (C=O) groups is 1. The number of nitrogens with one attached hydrogen (secondary N) is 2. The minimum absolute atomic E-state index is 0.0214. The molecule has 0 aromatic heterocycles. The van der Waals surface area contributed by atoms with Gasteiger partial charge in [-0.3, -0.25) is 14.7 Å². The maximum atomic E-state index is 12.1. The second-order valence-electron chi connectivity index (χ2n) is 4.76. The maximum absolute atomic E-state index is 12.1. The molecule has 0 heterocycles. The van der Waals surface area contributed by atoms with Crippen LogP contribution in [0.5, 0.6) is 0 Å². The molecule has 1 amide bonds. The summed E-state index contributed by atoms with van der Waals surface area (Å²) in [6.45, 7) is 0. The first-order chi connectivity index (χ1) is 10.5. The predicted molar refractivity (Wildman–Crippen MR) is 82.8 cm³/mol. The molecule has 116 valence electrons. The van der Waals surface area contributed by atoms with Crippen LogP contribution in [0.25, 0.3) is 0 Å².